The van der Waals surface area contributed by atoms with Gasteiger partial charge in [0, 0.05) is 44.4 Å². The molecule has 0 bridgehead atoms. The van der Waals surface area contributed by atoms with Crippen LogP contribution in [0, 0.1) is 0 Å². The average Bonchev–Trinajstić information content (AvgIpc) is 2.60. The molecule has 1 saturated heterocycles. The third-order valence-electron chi connectivity index (χ3n) is 3.94. The Labute approximate surface area is 136 Å². The number of carbonyl (C=O) groups excluding carboxylic acids is 1. The maximum Gasteiger partial charge on any atom is 0.246 e. The summed E-state index contributed by atoms with van der Waals surface area (Å²) in [6.07, 6.45) is 3.32. The maximum absolute atomic E-state index is 12.3. The Kier molecular flexibility index (Phi) is 6.43. The van der Waals surface area contributed by atoms with Gasteiger partial charge in [-0.15, -0.1) is 0 Å². The standard InChI is InChI=1S/C17H24N2O4/c1-22-15-4-5-16(23-2)14(13-15)3-6-17(21)19-9-7-18(8-10-19)11-12-20/h3-6,13,20H,7-12H2,1-2H3/b6-3+. The lowest BCUT2D eigenvalue weighted by Crippen LogP contribution is -2.48. The highest BCUT2D eigenvalue weighted by Gasteiger charge is 2.19. The Morgan fingerprint density at radius 1 is 1.22 bits per heavy atom. The number of nitrogens with zero attached hydrogens (tertiary/aromatic N) is 2. The zero-order chi connectivity index (χ0) is 16.7. The molecule has 126 valence electrons. The number of β-amino-alcohol motifs (C(OH)–C–C–N with tert-alkyl or cyclic N) is 1. The van der Waals surface area contributed by atoms with Crippen molar-refractivity contribution in [3.63, 3.8) is 0 Å². The van der Waals surface area contributed by atoms with Crippen LogP contribution in [-0.4, -0.2) is 74.4 Å². The normalized spacial score (nSPS) is 15.9. The fraction of sp³-hybridized carbons (Fsp3) is 0.471. The van der Waals surface area contributed by atoms with E-state index in [2.05, 4.69) is 4.90 Å². The molecule has 0 saturated carbocycles. The minimum Gasteiger partial charge on any atom is -0.497 e. The lowest BCUT2D eigenvalue weighted by atomic mass is 10.1. The molecule has 0 aromatic heterocycles. The number of hydrogen-bond donors (Lipinski definition) is 1. The summed E-state index contributed by atoms with van der Waals surface area (Å²) < 4.78 is 10.5. The second-order valence-electron chi connectivity index (χ2n) is 5.33. The molecular weight excluding hydrogens is 296 g/mol. The number of amides is 1. The van der Waals surface area contributed by atoms with Crippen LogP contribution < -0.4 is 9.47 Å². The molecule has 6 nitrogen and oxygen atoms in total. The first-order chi connectivity index (χ1) is 11.2. The molecule has 1 aliphatic heterocycles. The van der Waals surface area contributed by atoms with E-state index < -0.39 is 0 Å². The van der Waals surface area contributed by atoms with Crippen LogP contribution in [0.5, 0.6) is 11.5 Å². The molecule has 0 atom stereocenters. The molecule has 1 aromatic carbocycles. The summed E-state index contributed by atoms with van der Waals surface area (Å²) in [6, 6.07) is 5.47. The van der Waals surface area contributed by atoms with Gasteiger partial charge >= 0.3 is 0 Å². The van der Waals surface area contributed by atoms with Crippen molar-refractivity contribution in [3.8, 4) is 11.5 Å². The summed E-state index contributed by atoms with van der Waals surface area (Å²) in [5.74, 6) is 1.40. The second-order valence-corrected chi connectivity index (χ2v) is 5.33. The van der Waals surface area contributed by atoms with Crippen LogP contribution in [0.15, 0.2) is 24.3 Å². The second kappa shape index (κ2) is 8.55. The quantitative estimate of drug-likeness (QED) is 0.788. The summed E-state index contributed by atoms with van der Waals surface area (Å²) in [6.45, 7) is 3.77. The summed E-state index contributed by atoms with van der Waals surface area (Å²) in [4.78, 5) is 16.3. The largest absolute Gasteiger partial charge is 0.497 e. The zero-order valence-electron chi connectivity index (χ0n) is 13.7. The molecule has 1 aromatic rings. The van der Waals surface area contributed by atoms with Crippen LogP contribution in [-0.2, 0) is 4.79 Å². The predicted octanol–water partition coefficient (Wildman–Crippen LogP) is 0.853. The third-order valence-corrected chi connectivity index (χ3v) is 3.94. The number of methoxy groups -OCH3 is 2. The highest BCUT2D eigenvalue weighted by molar-refractivity contribution is 5.92. The Morgan fingerprint density at radius 3 is 2.57 bits per heavy atom. The molecular formula is C17H24N2O4. The smallest absolute Gasteiger partial charge is 0.246 e. The van der Waals surface area contributed by atoms with E-state index in [4.69, 9.17) is 14.6 Å². The molecule has 1 fully saturated rings. The van der Waals surface area contributed by atoms with Gasteiger partial charge in [0.25, 0.3) is 0 Å². The lowest BCUT2D eigenvalue weighted by molar-refractivity contribution is -0.127. The van der Waals surface area contributed by atoms with E-state index in [-0.39, 0.29) is 12.5 Å². The van der Waals surface area contributed by atoms with E-state index in [1.54, 1.807) is 26.4 Å². The highest BCUT2D eigenvalue weighted by Crippen LogP contribution is 2.25. The van der Waals surface area contributed by atoms with Crippen molar-refractivity contribution in [2.24, 2.45) is 0 Å². The minimum absolute atomic E-state index is 0.0153. The summed E-state index contributed by atoms with van der Waals surface area (Å²) in [5.41, 5.74) is 0.805. The number of ether oxygens (including phenoxy) is 2. The number of aliphatic hydroxyl groups excluding tert-OH is 1. The van der Waals surface area contributed by atoms with Gasteiger partial charge in [-0.05, 0) is 24.3 Å². The van der Waals surface area contributed by atoms with Crippen molar-refractivity contribution in [1.29, 1.82) is 0 Å². The average molecular weight is 320 g/mol. The lowest BCUT2D eigenvalue weighted by Gasteiger charge is -2.33. The monoisotopic (exact) mass is 320 g/mol. The molecule has 1 heterocycles. The predicted molar refractivity (Wildman–Crippen MR) is 88.7 cm³/mol. The Balaban J connectivity index is 1.99. The van der Waals surface area contributed by atoms with E-state index in [1.165, 1.54) is 0 Å². The molecule has 0 radical (unpaired) electrons. The molecule has 1 aliphatic rings. The minimum atomic E-state index is -0.0153. The van der Waals surface area contributed by atoms with Crippen LogP contribution in [0.4, 0.5) is 0 Å². The Morgan fingerprint density at radius 2 is 1.96 bits per heavy atom. The number of rotatable bonds is 6. The van der Waals surface area contributed by atoms with Crippen LogP contribution in [0.1, 0.15) is 5.56 Å². The van der Waals surface area contributed by atoms with Crippen molar-refractivity contribution in [1.82, 2.24) is 9.80 Å². The van der Waals surface area contributed by atoms with Gasteiger partial charge in [-0.3, -0.25) is 9.69 Å². The molecule has 23 heavy (non-hydrogen) atoms. The van der Waals surface area contributed by atoms with Gasteiger partial charge in [0.05, 0.1) is 20.8 Å². The first kappa shape index (κ1) is 17.3. The highest BCUT2D eigenvalue weighted by atomic mass is 16.5. The number of piperazine rings is 1. The maximum atomic E-state index is 12.3. The molecule has 1 N–H and O–H groups in total. The SMILES string of the molecule is COc1ccc(OC)c(/C=C/C(=O)N2CCN(CCO)CC2)c1. The summed E-state index contributed by atoms with van der Waals surface area (Å²) >= 11 is 0. The molecule has 6 heteroatoms. The van der Waals surface area contributed by atoms with Gasteiger partial charge in [0.1, 0.15) is 11.5 Å². The Bertz CT molecular complexity index is 552. The van der Waals surface area contributed by atoms with E-state index in [0.29, 0.717) is 25.4 Å². The number of benzene rings is 1. The van der Waals surface area contributed by atoms with E-state index in [1.807, 2.05) is 23.1 Å². The fourth-order valence-corrected chi connectivity index (χ4v) is 2.57. The van der Waals surface area contributed by atoms with Crippen LogP contribution in [0.2, 0.25) is 0 Å². The van der Waals surface area contributed by atoms with Crippen molar-refractivity contribution in [2.45, 2.75) is 0 Å². The van der Waals surface area contributed by atoms with Gasteiger partial charge in [-0.1, -0.05) is 0 Å². The zero-order valence-corrected chi connectivity index (χ0v) is 13.7. The topological polar surface area (TPSA) is 62.2 Å². The third kappa shape index (κ3) is 4.71. The van der Waals surface area contributed by atoms with Crippen molar-refractivity contribution < 1.29 is 19.4 Å². The van der Waals surface area contributed by atoms with E-state index in [9.17, 15) is 4.79 Å². The number of hydrogen-bond acceptors (Lipinski definition) is 5. The van der Waals surface area contributed by atoms with Gasteiger partial charge < -0.3 is 19.5 Å². The van der Waals surface area contributed by atoms with Gasteiger partial charge in [0.15, 0.2) is 0 Å². The van der Waals surface area contributed by atoms with Crippen molar-refractivity contribution >= 4 is 12.0 Å². The molecule has 0 aliphatic carbocycles. The molecule has 1 amide bonds. The summed E-state index contributed by atoms with van der Waals surface area (Å²) in [5, 5.41) is 8.94. The molecule has 2 rings (SSSR count). The van der Waals surface area contributed by atoms with Crippen LogP contribution >= 0.6 is 0 Å². The van der Waals surface area contributed by atoms with E-state index >= 15 is 0 Å². The van der Waals surface area contributed by atoms with Gasteiger partial charge in [0.2, 0.25) is 5.91 Å². The first-order valence-corrected chi connectivity index (χ1v) is 7.70. The van der Waals surface area contributed by atoms with Crippen molar-refractivity contribution in [2.75, 3.05) is 53.6 Å². The van der Waals surface area contributed by atoms with E-state index in [0.717, 1.165) is 24.4 Å². The molecule has 0 unspecified atom stereocenters. The van der Waals surface area contributed by atoms with Gasteiger partial charge in [-0.2, -0.15) is 0 Å². The number of carbonyl (C=O) groups is 1. The van der Waals surface area contributed by atoms with Crippen LogP contribution in [0.3, 0.4) is 0 Å². The number of aliphatic hydroxyl groups is 1. The first-order valence-electron chi connectivity index (χ1n) is 7.70. The van der Waals surface area contributed by atoms with Gasteiger partial charge in [-0.25, -0.2) is 0 Å². The molecule has 0 spiro atoms. The summed E-state index contributed by atoms with van der Waals surface area (Å²) in [7, 11) is 3.20. The fourth-order valence-electron chi connectivity index (χ4n) is 2.57. The van der Waals surface area contributed by atoms with Crippen LogP contribution in [0.25, 0.3) is 6.08 Å². The van der Waals surface area contributed by atoms with Crippen molar-refractivity contribution in [3.05, 3.63) is 29.8 Å². The Hall–Kier alpha value is -2.05.